The predicted molar refractivity (Wildman–Crippen MR) is 108 cm³/mol. The van der Waals surface area contributed by atoms with E-state index in [0.29, 0.717) is 24.5 Å². The molecule has 1 amide bonds. The molecule has 1 aromatic carbocycles. The number of aromatic amines is 1. The number of benzene rings is 1. The van der Waals surface area contributed by atoms with E-state index in [1.807, 2.05) is 23.1 Å². The van der Waals surface area contributed by atoms with Crippen LogP contribution in [0.15, 0.2) is 29.2 Å². The second kappa shape index (κ2) is 7.85. The van der Waals surface area contributed by atoms with Crippen molar-refractivity contribution in [1.82, 2.24) is 14.8 Å². The molecule has 5 nitrogen and oxygen atoms in total. The average Bonchev–Trinajstić information content (AvgIpc) is 2.74. The number of hydrogen-bond acceptors (Lipinski definition) is 3. The number of pyridine rings is 1. The fraction of sp³-hybridized carbons (Fsp3) is 0.545. The summed E-state index contributed by atoms with van der Waals surface area (Å²) in [7, 11) is 0. The van der Waals surface area contributed by atoms with Gasteiger partial charge in [-0.15, -0.1) is 0 Å². The highest BCUT2D eigenvalue weighted by Gasteiger charge is 2.28. The van der Waals surface area contributed by atoms with Gasteiger partial charge in [-0.25, -0.2) is 0 Å². The van der Waals surface area contributed by atoms with Gasteiger partial charge >= 0.3 is 0 Å². The van der Waals surface area contributed by atoms with Crippen molar-refractivity contribution in [3.05, 3.63) is 45.7 Å². The molecule has 2 fully saturated rings. The van der Waals surface area contributed by atoms with Crippen LogP contribution in [0.5, 0.6) is 0 Å². The summed E-state index contributed by atoms with van der Waals surface area (Å²) in [5, 5.41) is 0.612. The van der Waals surface area contributed by atoms with Crippen LogP contribution in [0.1, 0.15) is 54.9 Å². The Morgan fingerprint density at radius 1 is 1.11 bits per heavy atom. The van der Waals surface area contributed by atoms with E-state index in [-0.39, 0.29) is 16.9 Å². The molecule has 1 aliphatic heterocycles. The van der Waals surface area contributed by atoms with E-state index >= 15 is 0 Å². The lowest BCUT2D eigenvalue weighted by Gasteiger charge is -2.40. The largest absolute Gasteiger partial charge is 0.360 e. The molecular formula is C22H29N3O2. The van der Waals surface area contributed by atoms with Gasteiger partial charge in [0.15, 0.2) is 0 Å². The highest BCUT2D eigenvalue weighted by molar-refractivity contribution is 5.97. The summed E-state index contributed by atoms with van der Waals surface area (Å²) < 4.78 is 0. The van der Waals surface area contributed by atoms with Crippen molar-refractivity contribution in [3.8, 4) is 0 Å². The third-order valence-corrected chi connectivity index (χ3v) is 6.30. The molecule has 1 aromatic heterocycles. The minimum atomic E-state index is -0.154. The van der Waals surface area contributed by atoms with Gasteiger partial charge in [-0.3, -0.25) is 14.5 Å². The molecule has 0 radical (unpaired) electrons. The van der Waals surface area contributed by atoms with Gasteiger partial charge in [0, 0.05) is 43.8 Å². The van der Waals surface area contributed by atoms with Crippen LogP contribution in [0, 0.1) is 0 Å². The molecule has 5 heteroatoms. The zero-order valence-electron chi connectivity index (χ0n) is 16.2. The molecule has 0 spiro atoms. The van der Waals surface area contributed by atoms with Crippen molar-refractivity contribution in [3.63, 3.8) is 0 Å². The molecule has 0 atom stereocenters. The van der Waals surface area contributed by atoms with Crippen molar-refractivity contribution < 1.29 is 4.79 Å². The van der Waals surface area contributed by atoms with Crippen LogP contribution in [0.25, 0.3) is 10.9 Å². The van der Waals surface area contributed by atoms with Gasteiger partial charge in [-0.1, -0.05) is 38.3 Å². The van der Waals surface area contributed by atoms with Gasteiger partial charge in [0.05, 0.1) is 5.52 Å². The van der Waals surface area contributed by atoms with E-state index in [1.54, 1.807) is 6.20 Å². The van der Waals surface area contributed by atoms with Crippen molar-refractivity contribution in [2.75, 3.05) is 26.2 Å². The Bertz CT molecular complexity index is 875. The molecular weight excluding hydrogens is 338 g/mol. The summed E-state index contributed by atoms with van der Waals surface area (Å²) in [6.07, 6.45) is 9.06. The van der Waals surface area contributed by atoms with E-state index in [1.165, 1.54) is 32.1 Å². The minimum absolute atomic E-state index is 0.136. The van der Waals surface area contributed by atoms with Crippen LogP contribution in [0.4, 0.5) is 0 Å². The Kier molecular flexibility index (Phi) is 5.30. The van der Waals surface area contributed by atoms with Crippen molar-refractivity contribution in [1.29, 1.82) is 0 Å². The van der Waals surface area contributed by atoms with Crippen LogP contribution < -0.4 is 5.43 Å². The van der Waals surface area contributed by atoms with E-state index in [9.17, 15) is 9.59 Å². The lowest BCUT2D eigenvalue weighted by atomic mass is 9.94. The van der Waals surface area contributed by atoms with Gasteiger partial charge in [0.1, 0.15) is 5.56 Å². The molecule has 2 heterocycles. The number of carbonyl (C=O) groups is 1. The van der Waals surface area contributed by atoms with Crippen molar-refractivity contribution in [2.45, 2.75) is 51.5 Å². The quantitative estimate of drug-likeness (QED) is 0.906. The van der Waals surface area contributed by atoms with Crippen LogP contribution in [0.3, 0.4) is 0 Å². The number of amides is 1. The van der Waals surface area contributed by atoms with Crippen LogP contribution in [-0.4, -0.2) is 52.9 Å². The summed E-state index contributed by atoms with van der Waals surface area (Å²) in [6.45, 7) is 5.32. The smallest absolute Gasteiger partial charge is 0.259 e. The fourth-order valence-electron chi connectivity index (χ4n) is 4.67. The molecule has 4 rings (SSSR count). The molecule has 0 bridgehead atoms. The maximum Gasteiger partial charge on any atom is 0.259 e. The zero-order chi connectivity index (χ0) is 18.8. The van der Waals surface area contributed by atoms with Crippen molar-refractivity contribution in [2.24, 2.45) is 0 Å². The molecule has 2 aromatic rings. The molecule has 2 aliphatic rings. The van der Waals surface area contributed by atoms with Gasteiger partial charge < -0.3 is 9.88 Å². The van der Waals surface area contributed by atoms with Gasteiger partial charge in [0.2, 0.25) is 5.43 Å². The van der Waals surface area contributed by atoms with Gasteiger partial charge in [-0.2, -0.15) is 0 Å². The second-order valence-electron chi connectivity index (χ2n) is 7.84. The number of nitrogens with one attached hydrogen (secondary N) is 1. The number of aromatic nitrogens is 1. The number of rotatable bonds is 3. The standard InChI is InChI=1S/C22H29N3O2/c1-2-16-7-6-10-18-20(16)23-15-19(21(18)26)22(27)25-13-11-24(12-14-25)17-8-4-3-5-9-17/h6-7,10,15,17H,2-5,8-9,11-14H2,1H3,(H,23,26). The van der Waals surface area contributed by atoms with Crippen LogP contribution >= 0.6 is 0 Å². The number of hydrogen-bond donors (Lipinski definition) is 1. The summed E-state index contributed by atoms with van der Waals surface area (Å²) in [5.74, 6) is -0.136. The van der Waals surface area contributed by atoms with Gasteiger partial charge in [-0.05, 0) is 30.9 Å². The third-order valence-electron chi connectivity index (χ3n) is 6.30. The topological polar surface area (TPSA) is 56.4 Å². The Morgan fingerprint density at radius 3 is 2.56 bits per heavy atom. The number of aryl methyl sites for hydroxylation is 1. The molecule has 1 N–H and O–H groups in total. The Labute approximate surface area is 160 Å². The predicted octanol–water partition coefficient (Wildman–Crippen LogP) is 3.18. The lowest BCUT2D eigenvalue weighted by Crippen LogP contribution is -2.52. The fourth-order valence-corrected chi connectivity index (χ4v) is 4.67. The Morgan fingerprint density at radius 2 is 1.85 bits per heavy atom. The maximum absolute atomic E-state index is 13.0. The first-order chi connectivity index (χ1) is 13.2. The highest BCUT2D eigenvalue weighted by Crippen LogP contribution is 2.24. The summed E-state index contributed by atoms with van der Waals surface area (Å²) >= 11 is 0. The molecule has 27 heavy (non-hydrogen) atoms. The molecule has 0 unspecified atom stereocenters. The summed E-state index contributed by atoms with van der Waals surface area (Å²) in [6, 6.07) is 6.41. The van der Waals surface area contributed by atoms with E-state index < -0.39 is 0 Å². The van der Waals surface area contributed by atoms with Crippen molar-refractivity contribution >= 4 is 16.8 Å². The minimum Gasteiger partial charge on any atom is -0.360 e. The lowest BCUT2D eigenvalue weighted by molar-refractivity contribution is 0.0522. The van der Waals surface area contributed by atoms with Gasteiger partial charge in [0.25, 0.3) is 5.91 Å². The molecule has 1 aliphatic carbocycles. The molecule has 144 valence electrons. The molecule has 1 saturated heterocycles. The van der Waals surface area contributed by atoms with E-state index in [4.69, 9.17) is 0 Å². The highest BCUT2D eigenvalue weighted by atomic mass is 16.2. The number of para-hydroxylation sites is 1. The zero-order valence-corrected chi connectivity index (χ0v) is 16.2. The SMILES string of the molecule is CCc1cccc2c(=O)c(C(=O)N3CCN(C4CCCCC4)CC3)c[nH]c12. The first-order valence-electron chi connectivity index (χ1n) is 10.4. The first kappa shape index (κ1) is 18.2. The summed E-state index contributed by atoms with van der Waals surface area (Å²) in [4.78, 5) is 33.5. The number of carbonyl (C=O) groups excluding carboxylic acids is 1. The number of H-pyrrole nitrogens is 1. The number of nitrogens with zero attached hydrogens (tertiary/aromatic N) is 2. The van der Waals surface area contributed by atoms with E-state index in [2.05, 4.69) is 16.8 Å². The molecule has 1 saturated carbocycles. The normalized spacial score (nSPS) is 19.5. The Balaban J connectivity index is 1.50. The van der Waals surface area contributed by atoms with E-state index in [0.717, 1.165) is 30.6 Å². The summed E-state index contributed by atoms with van der Waals surface area (Å²) in [5.41, 5.74) is 2.06. The Hall–Kier alpha value is -2.14. The monoisotopic (exact) mass is 367 g/mol. The third kappa shape index (κ3) is 3.53. The maximum atomic E-state index is 13.0. The van der Waals surface area contributed by atoms with Crippen LogP contribution in [-0.2, 0) is 6.42 Å². The average molecular weight is 367 g/mol. The number of piperazine rings is 1. The van der Waals surface area contributed by atoms with Crippen LogP contribution in [0.2, 0.25) is 0 Å². The second-order valence-corrected chi connectivity index (χ2v) is 7.84. The number of fused-ring (bicyclic) bond motifs is 1. The first-order valence-corrected chi connectivity index (χ1v) is 10.4.